The highest BCUT2D eigenvalue weighted by Crippen LogP contribution is 2.16. The molecule has 1 aromatic carbocycles. The molecule has 0 bridgehead atoms. The molecule has 0 saturated carbocycles. The van der Waals surface area contributed by atoms with Crippen LogP contribution in [0, 0.1) is 0 Å². The second kappa shape index (κ2) is 5.97. The van der Waals surface area contributed by atoms with Gasteiger partial charge in [-0.25, -0.2) is 0 Å². The van der Waals surface area contributed by atoms with Crippen LogP contribution in [-0.2, 0) is 9.59 Å². The molecule has 0 radical (unpaired) electrons. The van der Waals surface area contributed by atoms with Gasteiger partial charge >= 0.3 is 11.9 Å². The van der Waals surface area contributed by atoms with Crippen molar-refractivity contribution in [3.63, 3.8) is 0 Å². The molecule has 6 nitrogen and oxygen atoms in total. The van der Waals surface area contributed by atoms with Gasteiger partial charge in [0.05, 0.1) is 13.1 Å². The van der Waals surface area contributed by atoms with E-state index in [1.54, 1.807) is 30.3 Å². The molecule has 0 aliphatic carbocycles. The Morgan fingerprint density at radius 1 is 1.06 bits per heavy atom. The van der Waals surface area contributed by atoms with E-state index in [4.69, 9.17) is 10.2 Å². The molecule has 0 amide bonds. The summed E-state index contributed by atoms with van der Waals surface area (Å²) >= 11 is 0. The molecular weight excluding hydrogens is 226 g/mol. The maximum absolute atomic E-state index is 10.6. The summed E-state index contributed by atoms with van der Waals surface area (Å²) < 4.78 is 0. The molecule has 0 saturated heterocycles. The Morgan fingerprint density at radius 3 is 1.94 bits per heavy atom. The molecule has 17 heavy (non-hydrogen) atoms. The van der Waals surface area contributed by atoms with Crippen LogP contribution in [0.2, 0.25) is 0 Å². The Kier molecular flexibility index (Phi) is 4.62. The largest absolute Gasteiger partial charge is 0.480 e. The quantitative estimate of drug-likeness (QED) is 0.611. The molecule has 6 heteroatoms. The van der Waals surface area contributed by atoms with E-state index in [2.05, 4.69) is 0 Å². The molecule has 1 atom stereocenters. The predicted molar refractivity (Wildman–Crippen MR) is 58.2 cm³/mol. The van der Waals surface area contributed by atoms with Crippen LogP contribution in [0.5, 0.6) is 0 Å². The zero-order valence-electron chi connectivity index (χ0n) is 8.98. The third kappa shape index (κ3) is 4.21. The monoisotopic (exact) mass is 239 g/mol. The van der Waals surface area contributed by atoms with E-state index in [1.807, 2.05) is 0 Å². The minimum atomic E-state index is -1.25. The lowest BCUT2D eigenvalue weighted by Gasteiger charge is -2.24. The predicted octanol–water partition coefficient (Wildman–Crippen LogP) is 0.149. The van der Waals surface area contributed by atoms with E-state index in [1.165, 1.54) is 0 Å². The van der Waals surface area contributed by atoms with E-state index in [0.717, 1.165) is 4.90 Å². The Morgan fingerprint density at radius 2 is 1.53 bits per heavy atom. The number of hydrogen-bond acceptors (Lipinski definition) is 4. The molecule has 3 N–H and O–H groups in total. The number of benzene rings is 1. The molecule has 1 aromatic rings. The van der Waals surface area contributed by atoms with Gasteiger partial charge in [0.2, 0.25) is 0 Å². The summed E-state index contributed by atoms with van der Waals surface area (Å²) in [7, 11) is 0. The summed E-state index contributed by atoms with van der Waals surface area (Å²) in [6.45, 7) is -1.08. The maximum Gasteiger partial charge on any atom is 0.317 e. The van der Waals surface area contributed by atoms with E-state index in [0.29, 0.717) is 5.56 Å². The summed E-state index contributed by atoms with van der Waals surface area (Å²) in [5.41, 5.74) is 0.454. The van der Waals surface area contributed by atoms with Gasteiger partial charge in [-0.1, -0.05) is 30.3 Å². The number of nitrogens with zero attached hydrogens (tertiary/aromatic N) is 1. The molecule has 0 spiro atoms. The minimum absolute atomic E-state index is 0.454. The van der Waals surface area contributed by atoms with E-state index >= 15 is 0 Å². The summed E-state index contributed by atoms with van der Waals surface area (Å²) in [4.78, 5) is 22.1. The molecule has 0 aliphatic rings. The summed E-state index contributed by atoms with van der Waals surface area (Å²) in [5, 5.41) is 27.2. The molecule has 0 fully saturated rings. The molecule has 0 heterocycles. The summed E-state index contributed by atoms with van der Waals surface area (Å²) in [6.07, 6.45) is -1.25. The Bertz CT molecular complexity index is 376. The Labute approximate surface area is 97.7 Å². The van der Waals surface area contributed by atoms with Gasteiger partial charge in [0.25, 0.3) is 0 Å². The van der Waals surface area contributed by atoms with Gasteiger partial charge < -0.3 is 15.3 Å². The van der Waals surface area contributed by atoms with Crippen LogP contribution in [-0.4, -0.2) is 45.2 Å². The molecule has 1 unspecified atom stereocenters. The van der Waals surface area contributed by atoms with Crippen molar-refractivity contribution >= 4 is 11.9 Å². The highest BCUT2D eigenvalue weighted by molar-refractivity contribution is 5.72. The first kappa shape index (κ1) is 13.1. The van der Waals surface area contributed by atoms with Crippen LogP contribution < -0.4 is 0 Å². The van der Waals surface area contributed by atoms with Gasteiger partial charge in [0, 0.05) is 0 Å². The zero-order chi connectivity index (χ0) is 12.8. The smallest absolute Gasteiger partial charge is 0.317 e. The zero-order valence-corrected chi connectivity index (χ0v) is 8.98. The fourth-order valence-corrected chi connectivity index (χ4v) is 1.41. The van der Waals surface area contributed by atoms with Crippen LogP contribution in [0.25, 0.3) is 0 Å². The minimum Gasteiger partial charge on any atom is -0.480 e. The third-order valence-electron chi connectivity index (χ3n) is 2.12. The summed E-state index contributed by atoms with van der Waals surface area (Å²) in [5.74, 6) is -2.39. The lowest BCUT2D eigenvalue weighted by molar-refractivity contribution is -0.147. The number of carboxylic acid groups (broad SMARTS) is 2. The number of carboxylic acids is 2. The number of aliphatic hydroxyl groups excluding tert-OH is 1. The topological polar surface area (TPSA) is 98.1 Å². The molecule has 0 aliphatic heterocycles. The van der Waals surface area contributed by atoms with Crippen molar-refractivity contribution in [3.8, 4) is 0 Å². The van der Waals surface area contributed by atoms with Crippen LogP contribution in [0.1, 0.15) is 11.8 Å². The van der Waals surface area contributed by atoms with Gasteiger partial charge in [0.15, 0.2) is 0 Å². The number of aliphatic carboxylic acids is 2. The lowest BCUT2D eigenvalue weighted by Crippen LogP contribution is -2.37. The standard InChI is InChI=1S/C11H13NO5/c13-9(14)6-12(7-10(15)16)11(17)8-4-2-1-3-5-8/h1-5,11,17H,6-7H2,(H,13,14)(H,15,16). The third-order valence-corrected chi connectivity index (χ3v) is 2.12. The molecule has 1 rings (SSSR count). The van der Waals surface area contributed by atoms with Crippen molar-refractivity contribution < 1.29 is 24.9 Å². The maximum atomic E-state index is 10.6. The number of carbonyl (C=O) groups is 2. The molecular formula is C11H13NO5. The molecule has 0 aromatic heterocycles. The van der Waals surface area contributed by atoms with Crippen molar-refractivity contribution in [2.75, 3.05) is 13.1 Å². The fourth-order valence-electron chi connectivity index (χ4n) is 1.41. The van der Waals surface area contributed by atoms with Crippen molar-refractivity contribution in [2.45, 2.75) is 6.23 Å². The van der Waals surface area contributed by atoms with E-state index in [9.17, 15) is 14.7 Å². The first-order valence-electron chi connectivity index (χ1n) is 4.91. The number of rotatable bonds is 6. The fraction of sp³-hybridized carbons (Fsp3) is 0.273. The first-order chi connectivity index (χ1) is 8.00. The van der Waals surface area contributed by atoms with Gasteiger partial charge in [-0.2, -0.15) is 0 Å². The van der Waals surface area contributed by atoms with Crippen LogP contribution in [0.3, 0.4) is 0 Å². The van der Waals surface area contributed by atoms with Gasteiger partial charge in [-0.15, -0.1) is 0 Å². The average molecular weight is 239 g/mol. The van der Waals surface area contributed by atoms with E-state index < -0.39 is 31.3 Å². The van der Waals surface area contributed by atoms with Crippen molar-refractivity contribution in [1.82, 2.24) is 4.90 Å². The number of hydrogen-bond donors (Lipinski definition) is 3. The Hall–Kier alpha value is -1.92. The first-order valence-corrected chi connectivity index (χ1v) is 4.91. The van der Waals surface area contributed by atoms with Crippen LogP contribution in [0.4, 0.5) is 0 Å². The van der Waals surface area contributed by atoms with Crippen LogP contribution in [0.15, 0.2) is 30.3 Å². The average Bonchev–Trinajstić information content (AvgIpc) is 2.27. The number of aliphatic hydroxyl groups is 1. The normalized spacial score (nSPS) is 12.4. The van der Waals surface area contributed by atoms with Gasteiger partial charge in [-0.3, -0.25) is 14.5 Å². The van der Waals surface area contributed by atoms with Crippen molar-refractivity contribution in [3.05, 3.63) is 35.9 Å². The van der Waals surface area contributed by atoms with Gasteiger partial charge in [0.1, 0.15) is 6.23 Å². The van der Waals surface area contributed by atoms with Gasteiger partial charge in [-0.05, 0) is 5.56 Å². The Balaban J connectivity index is 2.82. The highest BCUT2D eigenvalue weighted by Gasteiger charge is 2.22. The summed E-state index contributed by atoms with van der Waals surface area (Å²) in [6, 6.07) is 8.30. The highest BCUT2D eigenvalue weighted by atomic mass is 16.4. The molecule has 92 valence electrons. The van der Waals surface area contributed by atoms with Crippen LogP contribution >= 0.6 is 0 Å². The second-order valence-electron chi connectivity index (χ2n) is 3.48. The van der Waals surface area contributed by atoms with E-state index in [-0.39, 0.29) is 0 Å². The second-order valence-corrected chi connectivity index (χ2v) is 3.48. The SMILES string of the molecule is O=C(O)CN(CC(=O)O)C(O)c1ccccc1. The van der Waals surface area contributed by atoms with Crippen molar-refractivity contribution in [2.24, 2.45) is 0 Å². The lowest BCUT2D eigenvalue weighted by atomic mass is 10.2. The van der Waals surface area contributed by atoms with Crippen molar-refractivity contribution in [1.29, 1.82) is 0 Å².